The molecule has 1 aromatic heterocycles. The molecular formula is C34H31FN2O4. The molecule has 0 saturated carbocycles. The van der Waals surface area contributed by atoms with Crippen LogP contribution in [0.2, 0.25) is 0 Å². The van der Waals surface area contributed by atoms with Gasteiger partial charge in [-0.05, 0) is 66.9 Å². The molecule has 5 aromatic rings. The number of rotatable bonds is 11. The Hall–Kier alpha value is -4.91. The van der Waals surface area contributed by atoms with Gasteiger partial charge in [-0.15, -0.1) is 0 Å². The van der Waals surface area contributed by atoms with Crippen LogP contribution in [0, 0.1) is 12.7 Å². The Balaban J connectivity index is 1.17. The summed E-state index contributed by atoms with van der Waals surface area (Å²) in [6.45, 7) is 3.91. The van der Waals surface area contributed by atoms with E-state index in [-0.39, 0.29) is 12.2 Å². The molecule has 1 amide bonds. The Bertz CT molecular complexity index is 1620. The Labute approximate surface area is 238 Å². The zero-order valence-corrected chi connectivity index (χ0v) is 23.0. The average molecular weight is 551 g/mol. The van der Waals surface area contributed by atoms with Crippen molar-refractivity contribution in [3.05, 3.63) is 126 Å². The number of carbonyl (C=O) groups excluding carboxylic acids is 1. The van der Waals surface area contributed by atoms with Gasteiger partial charge in [0.1, 0.15) is 23.1 Å². The van der Waals surface area contributed by atoms with Crippen LogP contribution >= 0.6 is 0 Å². The van der Waals surface area contributed by atoms with Gasteiger partial charge < -0.3 is 19.6 Å². The standard InChI is InChI=1S/C34H31FN2O4/c1-23-31(37-32(40-23)27-15-13-26(14-16-27)25-7-4-3-5-8-25)19-20-39-29-17-11-24(12-18-29)22-34(2,33(36)38)41-30-10-6-9-28(35)21-30/h3-18,21H,19-20,22H2,1-2H3,(H2,36,38). The van der Waals surface area contributed by atoms with Crippen molar-refractivity contribution in [2.45, 2.75) is 32.3 Å². The number of oxazole rings is 1. The van der Waals surface area contributed by atoms with Crippen LogP contribution in [0.15, 0.2) is 108 Å². The molecule has 6 nitrogen and oxygen atoms in total. The van der Waals surface area contributed by atoms with E-state index in [9.17, 15) is 9.18 Å². The minimum Gasteiger partial charge on any atom is -0.493 e. The Kier molecular flexibility index (Phi) is 8.15. The zero-order valence-electron chi connectivity index (χ0n) is 23.0. The van der Waals surface area contributed by atoms with Gasteiger partial charge in [0.2, 0.25) is 5.89 Å². The quantitative estimate of drug-likeness (QED) is 0.192. The highest BCUT2D eigenvalue weighted by Crippen LogP contribution is 2.27. The van der Waals surface area contributed by atoms with E-state index in [1.807, 2.05) is 61.5 Å². The third-order valence-corrected chi connectivity index (χ3v) is 6.86. The van der Waals surface area contributed by atoms with Gasteiger partial charge in [-0.2, -0.15) is 0 Å². The van der Waals surface area contributed by atoms with Crippen LogP contribution in [0.3, 0.4) is 0 Å². The highest BCUT2D eigenvalue weighted by molar-refractivity contribution is 5.83. The van der Waals surface area contributed by atoms with Crippen molar-refractivity contribution in [2.75, 3.05) is 6.61 Å². The summed E-state index contributed by atoms with van der Waals surface area (Å²) in [5.41, 5.74) is 9.17. The van der Waals surface area contributed by atoms with Gasteiger partial charge in [0, 0.05) is 24.5 Å². The van der Waals surface area contributed by atoms with Gasteiger partial charge in [-0.25, -0.2) is 9.37 Å². The van der Waals surface area contributed by atoms with Crippen LogP contribution in [-0.4, -0.2) is 23.1 Å². The summed E-state index contributed by atoms with van der Waals surface area (Å²) in [6, 6.07) is 31.4. The van der Waals surface area contributed by atoms with Gasteiger partial charge in [-0.1, -0.05) is 60.7 Å². The molecule has 7 heteroatoms. The third-order valence-electron chi connectivity index (χ3n) is 6.86. The van der Waals surface area contributed by atoms with E-state index in [1.165, 1.54) is 18.2 Å². The third kappa shape index (κ3) is 6.81. The molecule has 5 rings (SSSR count). The second-order valence-electron chi connectivity index (χ2n) is 10.0. The molecule has 1 atom stereocenters. The normalized spacial score (nSPS) is 12.5. The lowest BCUT2D eigenvalue weighted by Crippen LogP contribution is -2.48. The molecule has 41 heavy (non-hydrogen) atoms. The lowest BCUT2D eigenvalue weighted by Gasteiger charge is -2.27. The summed E-state index contributed by atoms with van der Waals surface area (Å²) in [5, 5.41) is 0. The van der Waals surface area contributed by atoms with Crippen LogP contribution in [0.5, 0.6) is 11.5 Å². The summed E-state index contributed by atoms with van der Waals surface area (Å²) in [4.78, 5) is 16.9. The molecule has 0 saturated heterocycles. The van der Waals surface area contributed by atoms with Crippen molar-refractivity contribution in [1.82, 2.24) is 4.98 Å². The molecular weight excluding hydrogens is 519 g/mol. The number of hydrogen-bond donors (Lipinski definition) is 1. The number of aryl methyl sites for hydroxylation is 1. The fourth-order valence-electron chi connectivity index (χ4n) is 4.54. The Morgan fingerprint density at radius 3 is 2.24 bits per heavy atom. The van der Waals surface area contributed by atoms with Crippen LogP contribution < -0.4 is 15.2 Å². The van der Waals surface area contributed by atoms with Crippen LogP contribution in [0.1, 0.15) is 23.9 Å². The van der Waals surface area contributed by atoms with Crippen LogP contribution in [0.25, 0.3) is 22.6 Å². The molecule has 0 spiro atoms. The molecule has 0 aliphatic heterocycles. The minimum atomic E-state index is -1.35. The van der Waals surface area contributed by atoms with E-state index in [1.54, 1.807) is 13.0 Å². The van der Waals surface area contributed by atoms with E-state index in [2.05, 4.69) is 24.3 Å². The van der Waals surface area contributed by atoms with Gasteiger partial charge in [0.05, 0.1) is 12.3 Å². The van der Waals surface area contributed by atoms with Crippen LogP contribution in [0.4, 0.5) is 4.39 Å². The average Bonchev–Trinajstić information content (AvgIpc) is 3.34. The molecule has 0 aliphatic carbocycles. The molecule has 208 valence electrons. The van der Waals surface area contributed by atoms with E-state index in [0.29, 0.717) is 24.7 Å². The first kappa shape index (κ1) is 27.6. The molecule has 0 radical (unpaired) electrons. The Morgan fingerprint density at radius 2 is 1.56 bits per heavy atom. The first-order valence-corrected chi connectivity index (χ1v) is 13.4. The molecule has 0 aliphatic rings. The summed E-state index contributed by atoms with van der Waals surface area (Å²) < 4.78 is 31.3. The molecule has 1 heterocycles. The maximum atomic E-state index is 13.6. The summed E-state index contributed by atoms with van der Waals surface area (Å²) in [7, 11) is 0. The molecule has 0 bridgehead atoms. The molecule has 0 fully saturated rings. The number of carbonyl (C=O) groups is 1. The first-order valence-electron chi connectivity index (χ1n) is 13.4. The molecule has 4 aromatic carbocycles. The number of aromatic nitrogens is 1. The molecule has 2 N–H and O–H groups in total. The zero-order chi connectivity index (χ0) is 28.8. The predicted octanol–water partition coefficient (Wildman–Crippen LogP) is 6.94. The summed E-state index contributed by atoms with van der Waals surface area (Å²) in [5.74, 6) is 1.16. The number of primary amides is 1. The number of amides is 1. The second kappa shape index (κ2) is 12.1. The number of nitrogens with two attached hydrogens (primary N) is 1. The number of nitrogens with zero attached hydrogens (tertiary/aromatic N) is 1. The fourth-order valence-corrected chi connectivity index (χ4v) is 4.54. The van der Waals surface area contributed by atoms with Gasteiger partial charge in [-0.3, -0.25) is 4.79 Å². The van der Waals surface area contributed by atoms with E-state index >= 15 is 0 Å². The summed E-state index contributed by atoms with van der Waals surface area (Å²) >= 11 is 0. The minimum absolute atomic E-state index is 0.215. The van der Waals surface area contributed by atoms with Crippen molar-refractivity contribution in [2.24, 2.45) is 5.73 Å². The maximum absolute atomic E-state index is 13.6. The van der Waals surface area contributed by atoms with Crippen molar-refractivity contribution >= 4 is 5.91 Å². The highest BCUT2D eigenvalue weighted by Gasteiger charge is 2.34. The largest absolute Gasteiger partial charge is 0.493 e. The topological polar surface area (TPSA) is 87.6 Å². The van der Waals surface area contributed by atoms with Crippen molar-refractivity contribution in [3.8, 4) is 34.1 Å². The Morgan fingerprint density at radius 1 is 0.878 bits per heavy atom. The number of benzene rings is 4. The second-order valence-corrected chi connectivity index (χ2v) is 10.0. The number of ether oxygens (including phenoxy) is 2. The van der Waals surface area contributed by atoms with Crippen LogP contribution in [-0.2, 0) is 17.6 Å². The van der Waals surface area contributed by atoms with E-state index in [0.717, 1.165) is 33.7 Å². The lowest BCUT2D eigenvalue weighted by atomic mass is 9.95. The SMILES string of the molecule is Cc1oc(-c2ccc(-c3ccccc3)cc2)nc1CCOc1ccc(CC(C)(Oc2cccc(F)c2)C(N)=O)cc1. The lowest BCUT2D eigenvalue weighted by molar-refractivity contribution is -0.132. The van der Waals surface area contributed by atoms with Crippen molar-refractivity contribution in [3.63, 3.8) is 0 Å². The van der Waals surface area contributed by atoms with Gasteiger partial charge in [0.15, 0.2) is 5.60 Å². The van der Waals surface area contributed by atoms with Gasteiger partial charge >= 0.3 is 0 Å². The highest BCUT2D eigenvalue weighted by atomic mass is 19.1. The smallest absolute Gasteiger partial charge is 0.261 e. The van der Waals surface area contributed by atoms with Gasteiger partial charge in [0.25, 0.3) is 5.91 Å². The van der Waals surface area contributed by atoms with Crippen molar-refractivity contribution < 1.29 is 23.1 Å². The predicted molar refractivity (Wildman–Crippen MR) is 156 cm³/mol. The van der Waals surface area contributed by atoms with E-state index in [4.69, 9.17) is 24.6 Å². The maximum Gasteiger partial charge on any atom is 0.261 e. The molecule has 1 unspecified atom stereocenters. The first-order chi connectivity index (χ1) is 19.8. The van der Waals surface area contributed by atoms with Crippen molar-refractivity contribution in [1.29, 1.82) is 0 Å². The van der Waals surface area contributed by atoms with E-state index < -0.39 is 17.3 Å². The monoisotopic (exact) mass is 550 g/mol. The number of hydrogen-bond acceptors (Lipinski definition) is 5. The summed E-state index contributed by atoms with van der Waals surface area (Å²) in [6.07, 6.45) is 0.798. The fraction of sp³-hybridized carbons (Fsp3) is 0.176. The number of halogens is 1.